The number of nitrogens with zero attached hydrogens (tertiary/aromatic N) is 1. The van der Waals surface area contributed by atoms with Gasteiger partial charge < -0.3 is 14.4 Å². The van der Waals surface area contributed by atoms with E-state index in [2.05, 4.69) is 0 Å². The maximum Gasteiger partial charge on any atom is 0.246 e. The van der Waals surface area contributed by atoms with Crippen molar-refractivity contribution in [2.24, 2.45) is 0 Å². The van der Waals surface area contributed by atoms with Crippen molar-refractivity contribution in [1.82, 2.24) is 4.90 Å². The number of carbonyl (C=O) groups is 2. The number of likely N-dealkylation sites (tertiary alicyclic amines) is 1. The van der Waals surface area contributed by atoms with Gasteiger partial charge in [0.1, 0.15) is 17.1 Å². The van der Waals surface area contributed by atoms with Gasteiger partial charge >= 0.3 is 0 Å². The molecular weight excluding hydrogens is 414 g/mol. The number of hydrogen-bond donors (Lipinski definition) is 0. The highest BCUT2D eigenvalue weighted by atomic mass is 35.5. The normalized spacial score (nSPS) is 17.5. The fourth-order valence-electron chi connectivity index (χ4n) is 4.14. The number of benzene rings is 2. The van der Waals surface area contributed by atoms with E-state index in [9.17, 15) is 9.59 Å². The van der Waals surface area contributed by atoms with E-state index < -0.39 is 5.60 Å². The molecule has 31 heavy (non-hydrogen) atoms. The van der Waals surface area contributed by atoms with Crippen molar-refractivity contribution >= 4 is 29.4 Å². The van der Waals surface area contributed by atoms with E-state index in [-0.39, 0.29) is 11.7 Å². The number of Topliss-reactive ketones (excluding diaryl/α,β-unsaturated/α-hetero) is 1. The van der Waals surface area contributed by atoms with E-state index in [1.807, 2.05) is 55.2 Å². The summed E-state index contributed by atoms with van der Waals surface area (Å²) in [6.45, 7) is 5.58. The number of carbonyl (C=O) groups excluding carboxylic acids is 2. The van der Waals surface area contributed by atoms with Crippen LogP contribution in [0.3, 0.4) is 0 Å². The third-order valence-electron chi connectivity index (χ3n) is 5.97. The Hall–Kier alpha value is -2.79. The van der Waals surface area contributed by atoms with Gasteiger partial charge in [-0.05, 0) is 55.3 Å². The zero-order valence-electron chi connectivity index (χ0n) is 17.8. The topological polar surface area (TPSA) is 55.8 Å². The molecule has 6 heteroatoms. The molecule has 0 aliphatic carbocycles. The second-order valence-corrected chi connectivity index (χ2v) is 8.55. The van der Waals surface area contributed by atoms with Crippen LogP contribution in [-0.2, 0) is 4.79 Å². The molecule has 0 radical (unpaired) electrons. The van der Waals surface area contributed by atoms with E-state index in [1.165, 1.54) is 0 Å². The molecule has 2 heterocycles. The standard InChI is InChI=1S/C25H26ClNO4/c1-3-30-19-7-4-18(5-8-19)6-9-24(29)27-12-10-25(11-13-27)16-22(28)20-15-21(26)17(2)14-23(20)31-25/h4-9,14-15H,3,10-13,16H2,1-2H3/b9-6+. The fraction of sp³-hybridized carbons (Fsp3) is 0.360. The van der Waals surface area contributed by atoms with Crippen LogP contribution in [0.5, 0.6) is 11.5 Å². The number of aryl methyl sites for hydroxylation is 1. The molecular formula is C25H26ClNO4. The molecule has 4 rings (SSSR count). The largest absolute Gasteiger partial charge is 0.494 e. The maximum atomic E-state index is 12.7. The van der Waals surface area contributed by atoms with E-state index in [0.29, 0.717) is 55.3 Å². The molecule has 1 amide bonds. The van der Waals surface area contributed by atoms with E-state index in [1.54, 1.807) is 12.1 Å². The summed E-state index contributed by atoms with van der Waals surface area (Å²) < 4.78 is 11.7. The molecule has 0 saturated carbocycles. The maximum absolute atomic E-state index is 12.7. The Morgan fingerprint density at radius 3 is 2.61 bits per heavy atom. The summed E-state index contributed by atoms with van der Waals surface area (Å²) in [6, 6.07) is 11.2. The molecule has 0 bridgehead atoms. The summed E-state index contributed by atoms with van der Waals surface area (Å²) in [5.74, 6) is 1.44. The Morgan fingerprint density at radius 2 is 1.94 bits per heavy atom. The predicted octanol–water partition coefficient (Wildman–Crippen LogP) is 5.09. The zero-order valence-corrected chi connectivity index (χ0v) is 18.6. The first-order valence-electron chi connectivity index (χ1n) is 10.6. The number of piperidine rings is 1. The number of hydrogen-bond acceptors (Lipinski definition) is 4. The molecule has 2 aromatic carbocycles. The molecule has 2 aliphatic heterocycles. The van der Waals surface area contributed by atoms with Gasteiger partial charge in [0.25, 0.3) is 0 Å². The Kier molecular flexibility index (Phi) is 6.05. The number of amides is 1. The highest BCUT2D eigenvalue weighted by Crippen LogP contribution is 2.41. The molecule has 0 N–H and O–H groups in total. The van der Waals surface area contributed by atoms with Gasteiger partial charge in [0.05, 0.1) is 18.6 Å². The Bertz CT molecular complexity index is 1020. The lowest BCUT2D eigenvalue weighted by Crippen LogP contribution is -2.52. The minimum Gasteiger partial charge on any atom is -0.494 e. The van der Waals surface area contributed by atoms with Crippen molar-refractivity contribution in [3.05, 3.63) is 64.2 Å². The second-order valence-electron chi connectivity index (χ2n) is 8.14. The molecule has 2 aliphatic rings. The fourth-order valence-corrected chi connectivity index (χ4v) is 4.31. The number of ether oxygens (including phenoxy) is 2. The van der Waals surface area contributed by atoms with Gasteiger partial charge in [-0.1, -0.05) is 23.7 Å². The van der Waals surface area contributed by atoms with Crippen molar-refractivity contribution in [2.45, 2.75) is 38.7 Å². The van der Waals surface area contributed by atoms with Crippen molar-refractivity contribution in [3.63, 3.8) is 0 Å². The van der Waals surface area contributed by atoms with Gasteiger partial charge in [0, 0.05) is 37.0 Å². The van der Waals surface area contributed by atoms with Crippen LogP contribution >= 0.6 is 11.6 Å². The Labute approximate surface area is 187 Å². The minimum absolute atomic E-state index is 0.0334. The van der Waals surface area contributed by atoms with Crippen LogP contribution in [0.1, 0.15) is 47.7 Å². The first-order chi connectivity index (χ1) is 14.9. The first kappa shape index (κ1) is 21.4. The van der Waals surface area contributed by atoms with Crippen molar-refractivity contribution in [3.8, 4) is 11.5 Å². The van der Waals surface area contributed by atoms with E-state index in [4.69, 9.17) is 21.1 Å². The van der Waals surface area contributed by atoms with Crippen LogP contribution in [0.4, 0.5) is 0 Å². The lowest BCUT2D eigenvalue weighted by atomic mass is 9.82. The van der Waals surface area contributed by atoms with Gasteiger partial charge in [-0.2, -0.15) is 0 Å². The summed E-state index contributed by atoms with van der Waals surface area (Å²) >= 11 is 6.17. The van der Waals surface area contributed by atoms with Crippen LogP contribution in [0.2, 0.25) is 5.02 Å². The number of fused-ring (bicyclic) bond motifs is 1. The highest BCUT2D eigenvalue weighted by Gasteiger charge is 2.43. The van der Waals surface area contributed by atoms with Crippen LogP contribution in [0.25, 0.3) is 6.08 Å². The molecule has 1 spiro atoms. The third-order valence-corrected chi connectivity index (χ3v) is 6.37. The smallest absolute Gasteiger partial charge is 0.246 e. The summed E-state index contributed by atoms with van der Waals surface area (Å²) in [4.78, 5) is 27.2. The number of halogens is 1. The van der Waals surface area contributed by atoms with Gasteiger partial charge in [0.2, 0.25) is 5.91 Å². The minimum atomic E-state index is -0.542. The van der Waals surface area contributed by atoms with Crippen LogP contribution in [0.15, 0.2) is 42.5 Å². The summed E-state index contributed by atoms with van der Waals surface area (Å²) in [5, 5.41) is 0.575. The zero-order chi connectivity index (χ0) is 22.0. The molecule has 1 fully saturated rings. The average Bonchev–Trinajstić information content (AvgIpc) is 2.75. The Morgan fingerprint density at radius 1 is 1.23 bits per heavy atom. The van der Waals surface area contributed by atoms with Crippen molar-refractivity contribution < 1.29 is 19.1 Å². The summed E-state index contributed by atoms with van der Waals surface area (Å²) in [5.41, 5.74) is 1.84. The van der Waals surface area contributed by atoms with E-state index >= 15 is 0 Å². The predicted molar refractivity (Wildman–Crippen MR) is 121 cm³/mol. The van der Waals surface area contributed by atoms with Crippen LogP contribution in [0, 0.1) is 6.92 Å². The third kappa shape index (κ3) is 4.62. The molecule has 0 unspecified atom stereocenters. The molecule has 2 aromatic rings. The van der Waals surface area contributed by atoms with Crippen molar-refractivity contribution in [2.75, 3.05) is 19.7 Å². The second kappa shape index (κ2) is 8.75. The summed E-state index contributed by atoms with van der Waals surface area (Å²) in [7, 11) is 0. The molecule has 1 saturated heterocycles. The number of rotatable bonds is 4. The average molecular weight is 440 g/mol. The van der Waals surface area contributed by atoms with Gasteiger partial charge in [0.15, 0.2) is 5.78 Å². The number of ketones is 1. The lowest BCUT2D eigenvalue weighted by Gasteiger charge is -2.43. The molecule has 162 valence electrons. The SMILES string of the molecule is CCOc1ccc(/C=C/C(=O)N2CCC3(CC2)CC(=O)c2cc(Cl)c(C)cc2O3)cc1. The molecule has 0 atom stereocenters. The molecule has 5 nitrogen and oxygen atoms in total. The first-order valence-corrected chi connectivity index (χ1v) is 11.0. The van der Waals surface area contributed by atoms with Gasteiger partial charge in [-0.25, -0.2) is 0 Å². The highest BCUT2D eigenvalue weighted by molar-refractivity contribution is 6.31. The summed E-state index contributed by atoms with van der Waals surface area (Å²) in [6.07, 6.45) is 4.99. The molecule has 0 aromatic heterocycles. The monoisotopic (exact) mass is 439 g/mol. The quantitative estimate of drug-likeness (QED) is 0.623. The van der Waals surface area contributed by atoms with E-state index in [0.717, 1.165) is 16.9 Å². The van der Waals surface area contributed by atoms with Gasteiger partial charge in [-0.15, -0.1) is 0 Å². The Balaban J connectivity index is 1.38. The van der Waals surface area contributed by atoms with Gasteiger partial charge in [-0.3, -0.25) is 9.59 Å². The van der Waals surface area contributed by atoms with Crippen LogP contribution in [-0.4, -0.2) is 41.9 Å². The lowest BCUT2D eigenvalue weighted by molar-refractivity contribution is -0.129. The van der Waals surface area contributed by atoms with Crippen molar-refractivity contribution in [1.29, 1.82) is 0 Å². The van der Waals surface area contributed by atoms with Crippen LogP contribution < -0.4 is 9.47 Å².